The molecule has 7 nitrogen and oxygen atoms in total. The van der Waals surface area contributed by atoms with Gasteiger partial charge in [0, 0.05) is 25.2 Å². The number of rotatable bonds is 6. The van der Waals surface area contributed by atoms with Crippen molar-refractivity contribution in [2.45, 2.75) is 32.5 Å². The lowest BCUT2D eigenvalue weighted by molar-refractivity contribution is 0.0710. The maximum atomic E-state index is 13.5. The van der Waals surface area contributed by atoms with Crippen LogP contribution >= 0.6 is 11.6 Å². The first-order chi connectivity index (χ1) is 15.3. The first-order valence-electron chi connectivity index (χ1n) is 10.0. The number of nitrogens with zero attached hydrogens (tertiary/aromatic N) is 2. The molecule has 168 valence electrons. The van der Waals surface area contributed by atoms with Crippen molar-refractivity contribution in [1.29, 1.82) is 0 Å². The minimum atomic E-state index is -0.674. The Labute approximate surface area is 190 Å². The molecule has 2 unspecified atom stereocenters. The second kappa shape index (κ2) is 10.3. The van der Waals surface area contributed by atoms with Gasteiger partial charge < -0.3 is 15.0 Å². The molecular weight excluding hydrogens is 435 g/mol. The Balaban J connectivity index is 1.52. The summed E-state index contributed by atoms with van der Waals surface area (Å²) in [5, 5.41) is 7.16. The second-order valence-electron chi connectivity index (χ2n) is 7.38. The van der Waals surface area contributed by atoms with Gasteiger partial charge in [0.2, 0.25) is 0 Å². The number of fused-ring (bicyclic) bond motifs is 1. The number of likely N-dealkylation sites (N-methyl/N-ethyl adjacent to an activating group) is 1. The number of nitrogens with one attached hydrogen (secondary N) is 2. The molecular formula is C23H24ClFN4O3. The molecule has 2 N–H and O–H groups in total. The number of carbonyl (C=O) groups excluding carboxylic acids is 2. The molecule has 0 radical (unpaired) electrons. The van der Waals surface area contributed by atoms with Crippen LogP contribution in [0.1, 0.15) is 19.4 Å². The second-order valence-corrected chi connectivity index (χ2v) is 7.75. The zero-order valence-corrected chi connectivity index (χ0v) is 18.7. The number of hydrogen-bond donors (Lipinski definition) is 2. The van der Waals surface area contributed by atoms with Crippen LogP contribution in [0, 0.1) is 5.82 Å². The topological polar surface area (TPSA) is 83.6 Å². The minimum absolute atomic E-state index is 0.0285. The van der Waals surface area contributed by atoms with E-state index in [0.717, 1.165) is 10.8 Å². The van der Waals surface area contributed by atoms with Crippen molar-refractivity contribution in [2.24, 2.45) is 0 Å². The summed E-state index contributed by atoms with van der Waals surface area (Å²) < 4.78 is 19.0. The van der Waals surface area contributed by atoms with Gasteiger partial charge in [-0.15, -0.1) is 0 Å². The van der Waals surface area contributed by atoms with Gasteiger partial charge in [-0.25, -0.2) is 19.0 Å². The van der Waals surface area contributed by atoms with E-state index in [0.29, 0.717) is 11.4 Å². The fourth-order valence-corrected chi connectivity index (χ4v) is 3.23. The van der Waals surface area contributed by atoms with E-state index >= 15 is 0 Å². The first-order valence-corrected chi connectivity index (χ1v) is 10.4. The van der Waals surface area contributed by atoms with Crippen LogP contribution in [0.3, 0.4) is 0 Å². The van der Waals surface area contributed by atoms with Crippen LogP contribution in [0.4, 0.5) is 19.8 Å². The zero-order valence-electron chi connectivity index (χ0n) is 17.9. The Morgan fingerprint density at radius 2 is 1.88 bits per heavy atom. The highest BCUT2D eigenvalue weighted by Gasteiger charge is 2.24. The van der Waals surface area contributed by atoms with Gasteiger partial charge in [-0.1, -0.05) is 48.0 Å². The highest BCUT2D eigenvalue weighted by atomic mass is 35.5. The van der Waals surface area contributed by atoms with Crippen LogP contribution in [-0.4, -0.2) is 41.2 Å². The first kappa shape index (κ1) is 23.3. The van der Waals surface area contributed by atoms with Crippen molar-refractivity contribution in [1.82, 2.24) is 15.2 Å². The van der Waals surface area contributed by atoms with Gasteiger partial charge in [0.15, 0.2) is 0 Å². The summed E-state index contributed by atoms with van der Waals surface area (Å²) in [6.07, 6.45) is 0.386. The standard InChI is InChI=1S/C23H24ClFN4O3/c1-14(29(3)22(30)27-13-18-9-6-10-19(25)21(18)24)15(2)32-23(31)28-20-11-16-7-4-5-8-17(16)12-26-20/h4-12,14-15H,13H2,1-3H3,(H,27,30)(H,26,28,31). The molecule has 0 saturated carbocycles. The Morgan fingerprint density at radius 1 is 1.16 bits per heavy atom. The molecule has 32 heavy (non-hydrogen) atoms. The number of aromatic nitrogens is 1. The highest BCUT2D eigenvalue weighted by molar-refractivity contribution is 6.31. The third kappa shape index (κ3) is 5.64. The van der Waals surface area contributed by atoms with Crippen molar-refractivity contribution >= 4 is 40.3 Å². The number of benzene rings is 2. The van der Waals surface area contributed by atoms with Gasteiger partial charge in [-0.3, -0.25) is 5.32 Å². The van der Waals surface area contributed by atoms with E-state index in [-0.39, 0.29) is 11.6 Å². The molecule has 0 bridgehead atoms. The van der Waals surface area contributed by atoms with Crippen LogP contribution in [0.25, 0.3) is 10.8 Å². The molecule has 1 aromatic heterocycles. The summed E-state index contributed by atoms with van der Waals surface area (Å²) in [7, 11) is 1.58. The number of halogens is 2. The number of urea groups is 1. The zero-order chi connectivity index (χ0) is 23.3. The third-order valence-corrected chi connectivity index (χ3v) is 5.65. The Hall–Kier alpha value is -3.39. The van der Waals surface area contributed by atoms with Gasteiger partial charge in [-0.05, 0) is 36.9 Å². The quantitative estimate of drug-likeness (QED) is 0.532. The van der Waals surface area contributed by atoms with Crippen molar-refractivity contribution in [3.63, 3.8) is 0 Å². The van der Waals surface area contributed by atoms with Gasteiger partial charge in [0.25, 0.3) is 0 Å². The van der Waals surface area contributed by atoms with Gasteiger partial charge in [0.1, 0.15) is 17.7 Å². The average molecular weight is 459 g/mol. The van der Waals surface area contributed by atoms with E-state index in [2.05, 4.69) is 15.6 Å². The molecule has 0 spiro atoms. The van der Waals surface area contributed by atoms with Crippen LogP contribution < -0.4 is 10.6 Å². The fraction of sp³-hybridized carbons (Fsp3) is 0.261. The van der Waals surface area contributed by atoms with Crippen LogP contribution in [0.5, 0.6) is 0 Å². The highest BCUT2D eigenvalue weighted by Crippen LogP contribution is 2.20. The van der Waals surface area contributed by atoms with Crippen molar-refractivity contribution in [3.05, 3.63) is 71.1 Å². The van der Waals surface area contributed by atoms with E-state index in [1.165, 1.54) is 17.0 Å². The monoisotopic (exact) mass is 458 g/mol. The van der Waals surface area contributed by atoms with Gasteiger partial charge in [-0.2, -0.15) is 0 Å². The number of ether oxygens (including phenoxy) is 1. The summed E-state index contributed by atoms with van der Waals surface area (Å²) in [5.74, 6) is -0.180. The number of amides is 3. The average Bonchev–Trinajstić information content (AvgIpc) is 2.78. The molecule has 2 atom stereocenters. The number of carbonyl (C=O) groups is 2. The third-order valence-electron chi connectivity index (χ3n) is 5.23. The number of hydrogen-bond acceptors (Lipinski definition) is 4. The lowest BCUT2D eigenvalue weighted by Crippen LogP contribution is -2.47. The lowest BCUT2D eigenvalue weighted by Gasteiger charge is -2.29. The van der Waals surface area contributed by atoms with Gasteiger partial charge >= 0.3 is 12.1 Å². The molecule has 3 amide bonds. The van der Waals surface area contributed by atoms with Crippen molar-refractivity contribution in [2.75, 3.05) is 12.4 Å². The Bertz CT molecular complexity index is 1130. The van der Waals surface area contributed by atoms with E-state index in [1.54, 1.807) is 39.2 Å². The maximum absolute atomic E-state index is 13.5. The maximum Gasteiger partial charge on any atom is 0.413 e. The summed E-state index contributed by atoms with van der Waals surface area (Å²) >= 11 is 5.92. The Kier molecular flexibility index (Phi) is 7.48. The van der Waals surface area contributed by atoms with Gasteiger partial charge in [0.05, 0.1) is 11.1 Å². The predicted octanol–water partition coefficient (Wildman–Crippen LogP) is 5.19. The van der Waals surface area contributed by atoms with E-state index in [9.17, 15) is 14.0 Å². The summed E-state index contributed by atoms with van der Waals surface area (Å²) in [5.41, 5.74) is 0.465. The van der Waals surface area contributed by atoms with Crippen LogP contribution in [0.2, 0.25) is 5.02 Å². The molecule has 0 aliphatic carbocycles. The SMILES string of the molecule is CC(OC(=O)Nc1cc2ccccc2cn1)C(C)N(C)C(=O)NCc1cccc(F)c1Cl. The largest absolute Gasteiger partial charge is 0.444 e. The van der Waals surface area contributed by atoms with Crippen molar-refractivity contribution in [3.8, 4) is 0 Å². The molecule has 0 saturated heterocycles. The molecule has 0 aliphatic rings. The molecule has 2 aromatic carbocycles. The van der Waals surface area contributed by atoms with Crippen LogP contribution in [-0.2, 0) is 11.3 Å². The fourth-order valence-electron chi connectivity index (χ4n) is 3.03. The van der Waals surface area contributed by atoms with E-state index < -0.39 is 30.1 Å². The Morgan fingerprint density at radius 3 is 2.62 bits per heavy atom. The normalized spacial score (nSPS) is 12.7. The minimum Gasteiger partial charge on any atom is -0.444 e. The number of pyridine rings is 1. The summed E-state index contributed by atoms with van der Waals surface area (Å²) in [6, 6.07) is 13.0. The van der Waals surface area contributed by atoms with Crippen LogP contribution in [0.15, 0.2) is 54.7 Å². The molecule has 0 fully saturated rings. The predicted molar refractivity (Wildman–Crippen MR) is 122 cm³/mol. The molecule has 1 heterocycles. The van der Waals surface area contributed by atoms with E-state index in [1.807, 2.05) is 24.3 Å². The number of anilines is 1. The summed E-state index contributed by atoms with van der Waals surface area (Å²) in [4.78, 5) is 30.4. The molecule has 3 rings (SSSR count). The molecule has 3 aromatic rings. The smallest absolute Gasteiger partial charge is 0.413 e. The molecule has 9 heteroatoms. The molecule has 0 aliphatic heterocycles. The summed E-state index contributed by atoms with van der Waals surface area (Å²) in [6.45, 7) is 3.50. The van der Waals surface area contributed by atoms with E-state index in [4.69, 9.17) is 16.3 Å². The lowest BCUT2D eigenvalue weighted by atomic mass is 10.2. The van der Waals surface area contributed by atoms with Crippen molar-refractivity contribution < 1.29 is 18.7 Å².